The topological polar surface area (TPSA) is 67.6 Å². The van der Waals surface area contributed by atoms with Crippen molar-refractivity contribution in [2.75, 3.05) is 12.4 Å². The molecule has 1 unspecified atom stereocenters. The van der Waals surface area contributed by atoms with Crippen molar-refractivity contribution < 1.29 is 22.8 Å². The first-order chi connectivity index (χ1) is 14.4. The van der Waals surface area contributed by atoms with E-state index in [9.17, 15) is 13.6 Å². The van der Waals surface area contributed by atoms with Crippen LogP contribution in [-0.2, 0) is 13.0 Å². The summed E-state index contributed by atoms with van der Waals surface area (Å²) >= 11 is 0. The van der Waals surface area contributed by atoms with E-state index in [4.69, 9.17) is 9.26 Å². The smallest absolute Gasteiger partial charge is 0.322 e. The molecule has 1 aliphatic rings. The molecule has 8 heteroatoms. The summed E-state index contributed by atoms with van der Waals surface area (Å²) in [7, 11) is 1.59. The van der Waals surface area contributed by atoms with Crippen LogP contribution in [0.15, 0.2) is 40.9 Å². The summed E-state index contributed by atoms with van der Waals surface area (Å²) in [5.74, 6) is -0.655. The summed E-state index contributed by atoms with van der Waals surface area (Å²) in [6.45, 7) is 3.63. The highest BCUT2D eigenvalue weighted by Crippen LogP contribution is 2.34. The number of urea groups is 1. The molecule has 3 aromatic rings. The summed E-state index contributed by atoms with van der Waals surface area (Å²) in [4.78, 5) is 14.5. The number of carbonyl (C=O) groups excluding carboxylic acids is 1. The van der Waals surface area contributed by atoms with Gasteiger partial charge in [-0.2, -0.15) is 0 Å². The van der Waals surface area contributed by atoms with Gasteiger partial charge in [-0.05, 0) is 37.6 Å². The molecule has 156 valence electrons. The van der Waals surface area contributed by atoms with Gasteiger partial charge in [0.2, 0.25) is 0 Å². The van der Waals surface area contributed by atoms with Crippen LogP contribution in [0, 0.1) is 18.6 Å². The maximum atomic E-state index is 13.7. The quantitative estimate of drug-likeness (QED) is 0.662. The third-order valence-electron chi connectivity index (χ3n) is 5.27. The highest BCUT2D eigenvalue weighted by atomic mass is 19.2. The number of carbonyl (C=O) groups is 1. The Labute approximate surface area is 172 Å². The molecule has 0 radical (unpaired) electrons. The van der Waals surface area contributed by atoms with Gasteiger partial charge in [0.15, 0.2) is 17.4 Å². The molecule has 1 N–H and O–H groups in total. The lowest BCUT2D eigenvalue weighted by molar-refractivity contribution is 0.182. The molecule has 2 heterocycles. The minimum Gasteiger partial charge on any atom is -0.497 e. The fourth-order valence-corrected chi connectivity index (χ4v) is 3.64. The van der Waals surface area contributed by atoms with Gasteiger partial charge in [0.1, 0.15) is 5.75 Å². The molecule has 2 aromatic carbocycles. The third kappa shape index (κ3) is 3.60. The van der Waals surface area contributed by atoms with Gasteiger partial charge in [0.05, 0.1) is 19.3 Å². The number of benzene rings is 2. The van der Waals surface area contributed by atoms with Crippen molar-refractivity contribution in [3.05, 3.63) is 64.9 Å². The Morgan fingerprint density at radius 2 is 2.10 bits per heavy atom. The van der Waals surface area contributed by atoms with Crippen LogP contribution < -0.4 is 10.1 Å². The molecule has 0 spiro atoms. The Balaban J connectivity index is 1.60. The van der Waals surface area contributed by atoms with Crippen LogP contribution in [0.5, 0.6) is 5.75 Å². The van der Waals surface area contributed by atoms with Crippen LogP contribution in [0.3, 0.4) is 0 Å². The lowest BCUT2D eigenvalue weighted by Gasteiger charge is -2.32. The average Bonchev–Trinajstić information content (AvgIpc) is 3.14. The standard InChI is InChI=1S/C22H21F2N3O3/c1-12-7-15(10-18(23)20(12)24)25-22(28)27-11-17-19(8-13(27)2)26-30-21(17)14-5-4-6-16(9-14)29-3/h4-7,9-10,13H,8,11H2,1-3H3,(H,25,28). The molecule has 4 rings (SSSR count). The van der Waals surface area contributed by atoms with Crippen LogP contribution in [0.1, 0.15) is 23.7 Å². The number of halogens is 2. The summed E-state index contributed by atoms with van der Waals surface area (Å²) in [6.07, 6.45) is 0.521. The second-order valence-corrected chi connectivity index (χ2v) is 7.37. The Morgan fingerprint density at radius 3 is 2.83 bits per heavy atom. The number of methoxy groups -OCH3 is 1. The predicted octanol–water partition coefficient (Wildman–Crippen LogP) is 4.92. The van der Waals surface area contributed by atoms with Gasteiger partial charge in [-0.15, -0.1) is 0 Å². The van der Waals surface area contributed by atoms with Crippen LogP contribution in [0.4, 0.5) is 19.3 Å². The zero-order valence-electron chi connectivity index (χ0n) is 16.8. The average molecular weight is 413 g/mol. The van der Waals surface area contributed by atoms with Crippen molar-refractivity contribution >= 4 is 11.7 Å². The van der Waals surface area contributed by atoms with E-state index in [2.05, 4.69) is 10.5 Å². The second kappa shape index (κ2) is 7.78. The van der Waals surface area contributed by atoms with Gasteiger partial charge in [0.25, 0.3) is 0 Å². The minimum atomic E-state index is -1.00. The first-order valence-corrected chi connectivity index (χ1v) is 9.52. The van der Waals surface area contributed by atoms with Gasteiger partial charge in [-0.25, -0.2) is 13.6 Å². The van der Waals surface area contributed by atoms with Crippen LogP contribution in [-0.4, -0.2) is 29.2 Å². The number of fused-ring (bicyclic) bond motifs is 1. The summed E-state index contributed by atoms with van der Waals surface area (Å²) in [5.41, 5.74) is 2.74. The molecule has 1 aliphatic heterocycles. The first-order valence-electron chi connectivity index (χ1n) is 9.52. The predicted molar refractivity (Wildman–Crippen MR) is 107 cm³/mol. The van der Waals surface area contributed by atoms with Gasteiger partial charge in [-0.3, -0.25) is 0 Å². The minimum absolute atomic E-state index is 0.124. The van der Waals surface area contributed by atoms with Crippen molar-refractivity contribution in [3.8, 4) is 17.1 Å². The lowest BCUT2D eigenvalue weighted by Crippen LogP contribution is -2.44. The molecule has 1 aromatic heterocycles. The van der Waals surface area contributed by atoms with Crippen molar-refractivity contribution in [2.45, 2.75) is 32.9 Å². The molecule has 0 saturated heterocycles. The molecule has 6 nitrogen and oxygen atoms in total. The SMILES string of the molecule is COc1cccc(-c2onc3c2CN(C(=O)Nc2cc(C)c(F)c(F)c2)C(C)C3)c1. The van der Waals surface area contributed by atoms with E-state index in [0.717, 1.165) is 22.9 Å². The lowest BCUT2D eigenvalue weighted by atomic mass is 9.97. The van der Waals surface area contributed by atoms with E-state index < -0.39 is 17.7 Å². The normalized spacial score (nSPS) is 15.6. The van der Waals surface area contributed by atoms with Gasteiger partial charge >= 0.3 is 6.03 Å². The van der Waals surface area contributed by atoms with Gasteiger partial charge in [0, 0.05) is 35.3 Å². The molecule has 2 amide bonds. The number of rotatable bonds is 3. The Kier molecular flexibility index (Phi) is 5.15. The maximum Gasteiger partial charge on any atom is 0.322 e. The van der Waals surface area contributed by atoms with E-state index in [1.807, 2.05) is 31.2 Å². The first kappa shape index (κ1) is 19.9. The molecule has 1 atom stereocenters. The molecule has 0 fully saturated rings. The van der Waals surface area contributed by atoms with E-state index in [-0.39, 0.29) is 23.8 Å². The molecule has 30 heavy (non-hydrogen) atoms. The zero-order chi connectivity index (χ0) is 21.4. The largest absolute Gasteiger partial charge is 0.497 e. The molecular weight excluding hydrogens is 392 g/mol. The summed E-state index contributed by atoms with van der Waals surface area (Å²) in [5, 5.41) is 6.84. The number of nitrogens with zero attached hydrogens (tertiary/aromatic N) is 2. The monoisotopic (exact) mass is 413 g/mol. The number of ether oxygens (including phenoxy) is 1. The fraction of sp³-hybridized carbons (Fsp3) is 0.273. The van der Waals surface area contributed by atoms with Gasteiger partial charge < -0.3 is 19.5 Å². The maximum absolute atomic E-state index is 13.7. The number of anilines is 1. The number of hydrogen-bond donors (Lipinski definition) is 1. The Hall–Kier alpha value is -3.42. The Bertz CT molecular complexity index is 1090. The van der Waals surface area contributed by atoms with Crippen molar-refractivity contribution in [3.63, 3.8) is 0 Å². The van der Waals surface area contributed by atoms with Crippen LogP contribution in [0.2, 0.25) is 0 Å². The summed E-state index contributed by atoms with van der Waals surface area (Å²) < 4.78 is 38.1. The number of nitrogens with one attached hydrogen (secondary N) is 1. The van der Waals surface area contributed by atoms with Gasteiger partial charge in [-0.1, -0.05) is 17.3 Å². The number of aromatic nitrogens is 1. The van der Waals surface area contributed by atoms with E-state index >= 15 is 0 Å². The molecule has 0 saturated carbocycles. The fourth-order valence-electron chi connectivity index (χ4n) is 3.64. The number of amides is 2. The van der Waals surface area contributed by atoms with Crippen molar-refractivity contribution in [2.24, 2.45) is 0 Å². The van der Waals surface area contributed by atoms with E-state index in [1.165, 1.54) is 13.0 Å². The van der Waals surface area contributed by atoms with Crippen LogP contribution in [0.25, 0.3) is 11.3 Å². The van der Waals surface area contributed by atoms with E-state index in [0.29, 0.717) is 17.9 Å². The molecule has 0 aliphatic carbocycles. The van der Waals surface area contributed by atoms with Crippen LogP contribution >= 0.6 is 0 Å². The number of hydrogen-bond acceptors (Lipinski definition) is 4. The van der Waals surface area contributed by atoms with E-state index in [1.54, 1.807) is 12.0 Å². The zero-order valence-corrected chi connectivity index (χ0v) is 16.8. The second-order valence-electron chi connectivity index (χ2n) is 7.37. The van der Waals surface area contributed by atoms with Crippen molar-refractivity contribution in [1.82, 2.24) is 10.1 Å². The Morgan fingerprint density at radius 1 is 1.30 bits per heavy atom. The highest BCUT2D eigenvalue weighted by Gasteiger charge is 2.32. The molecule has 0 bridgehead atoms. The molecular formula is C22H21F2N3O3. The number of aryl methyl sites for hydroxylation is 1. The van der Waals surface area contributed by atoms with Crippen molar-refractivity contribution in [1.29, 1.82) is 0 Å². The third-order valence-corrected chi connectivity index (χ3v) is 5.27. The summed E-state index contributed by atoms with van der Waals surface area (Å²) in [6, 6.07) is 9.23. The highest BCUT2D eigenvalue weighted by molar-refractivity contribution is 5.90.